The summed E-state index contributed by atoms with van der Waals surface area (Å²) in [6.45, 7) is 2.06. The first-order valence-corrected chi connectivity index (χ1v) is 6.43. The van der Waals surface area contributed by atoms with E-state index in [1.165, 1.54) is 11.6 Å². The second-order valence-corrected chi connectivity index (χ2v) is 4.76. The van der Waals surface area contributed by atoms with Crippen molar-refractivity contribution in [3.8, 4) is 0 Å². The van der Waals surface area contributed by atoms with E-state index in [2.05, 4.69) is 6.92 Å². The van der Waals surface area contributed by atoms with Crippen molar-refractivity contribution in [2.45, 2.75) is 25.9 Å². The Morgan fingerprint density at radius 3 is 2.10 bits per heavy atom. The summed E-state index contributed by atoms with van der Waals surface area (Å²) in [5, 5.41) is 0. The average molecular weight is 279 g/mol. The van der Waals surface area contributed by atoms with Gasteiger partial charge in [-0.15, -0.1) is 0 Å². The van der Waals surface area contributed by atoms with Crippen LogP contribution in [0.5, 0.6) is 0 Å². The molecule has 0 amide bonds. The molecule has 0 aliphatic rings. The summed E-state index contributed by atoms with van der Waals surface area (Å²) in [7, 11) is 0. The lowest BCUT2D eigenvalue weighted by molar-refractivity contribution is -0.137. The van der Waals surface area contributed by atoms with Gasteiger partial charge in [0.15, 0.2) is 0 Å². The standard InChI is InChI=1S/C16H16F3N/c1-2-11-3-5-12(6-4-11)9-13-10-14(16(17,18)19)7-8-15(13)20/h3-8,10H,2,9,20H2,1H3. The summed E-state index contributed by atoms with van der Waals surface area (Å²) in [4.78, 5) is 0. The number of alkyl halides is 3. The summed E-state index contributed by atoms with van der Waals surface area (Å²) in [6, 6.07) is 11.3. The van der Waals surface area contributed by atoms with E-state index in [0.717, 1.165) is 24.1 Å². The third kappa shape index (κ3) is 3.32. The van der Waals surface area contributed by atoms with E-state index in [1.54, 1.807) is 0 Å². The van der Waals surface area contributed by atoms with Crippen LogP contribution in [0.2, 0.25) is 0 Å². The van der Waals surface area contributed by atoms with Gasteiger partial charge in [0.05, 0.1) is 5.56 Å². The normalized spacial score (nSPS) is 11.6. The van der Waals surface area contributed by atoms with Crippen LogP contribution in [0.1, 0.15) is 29.2 Å². The highest BCUT2D eigenvalue weighted by molar-refractivity contribution is 5.51. The highest BCUT2D eigenvalue weighted by Gasteiger charge is 2.30. The fraction of sp³-hybridized carbons (Fsp3) is 0.250. The van der Waals surface area contributed by atoms with Gasteiger partial charge in [0.2, 0.25) is 0 Å². The van der Waals surface area contributed by atoms with Crippen molar-refractivity contribution >= 4 is 5.69 Å². The van der Waals surface area contributed by atoms with E-state index in [4.69, 9.17) is 5.73 Å². The molecule has 2 aromatic rings. The number of rotatable bonds is 3. The fourth-order valence-electron chi connectivity index (χ4n) is 2.05. The van der Waals surface area contributed by atoms with Crippen molar-refractivity contribution in [3.05, 3.63) is 64.7 Å². The van der Waals surface area contributed by atoms with E-state index in [9.17, 15) is 13.2 Å². The molecule has 1 nitrogen and oxygen atoms in total. The second kappa shape index (κ2) is 5.57. The van der Waals surface area contributed by atoms with Crippen molar-refractivity contribution in [2.24, 2.45) is 0 Å². The van der Waals surface area contributed by atoms with E-state index < -0.39 is 11.7 Å². The Labute approximate surface area is 116 Å². The van der Waals surface area contributed by atoms with E-state index >= 15 is 0 Å². The molecule has 0 bridgehead atoms. The van der Waals surface area contributed by atoms with Crippen LogP contribution in [-0.2, 0) is 19.0 Å². The van der Waals surface area contributed by atoms with Gasteiger partial charge < -0.3 is 5.73 Å². The molecule has 0 aliphatic heterocycles. The molecule has 2 aromatic carbocycles. The largest absolute Gasteiger partial charge is 0.416 e. The van der Waals surface area contributed by atoms with E-state index in [-0.39, 0.29) is 0 Å². The van der Waals surface area contributed by atoms with Gasteiger partial charge in [-0.05, 0) is 47.7 Å². The fourth-order valence-corrected chi connectivity index (χ4v) is 2.05. The van der Waals surface area contributed by atoms with Crippen LogP contribution in [0.25, 0.3) is 0 Å². The van der Waals surface area contributed by atoms with E-state index in [0.29, 0.717) is 17.7 Å². The van der Waals surface area contributed by atoms with Crippen LogP contribution in [-0.4, -0.2) is 0 Å². The van der Waals surface area contributed by atoms with Gasteiger partial charge in [-0.1, -0.05) is 31.2 Å². The maximum absolute atomic E-state index is 12.7. The molecule has 0 aliphatic carbocycles. The Bertz CT molecular complexity index is 586. The average Bonchev–Trinajstić information content (AvgIpc) is 2.41. The molecule has 0 aromatic heterocycles. The molecule has 0 unspecified atom stereocenters. The number of aryl methyl sites for hydroxylation is 1. The molecule has 0 fully saturated rings. The first-order valence-electron chi connectivity index (χ1n) is 6.43. The van der Waals surface area contributed by atoms with Crippen LogP contribution < -0.4 is 5.73 Å². The van der Waals surface area contributed by atoms with Gasteiger partial charge in [-0.25, -0.2) is 0 Å². The SMILES string of the molecule is CCc1ccc(Cc2cc(C(F)(F)F)ccc2N)cc1. The van der Waals surface area contributed by atoms with Gasteiger partial charge in [0.25, 0.3) is 0 Å². The predicted octanol–water partition coefficient (Wildman–Crippen LogP) is 4.44. The van der Waals surface area contributed by atoms with Gasteiger partial charge in [-0.2, -0.15) is 13.2 Å². The topological polar surface area (TPSA) is 26.0 Å². The monoisotopic (exact) mass is 279 g/mol. The Hall–Kier alpha value is -1.97. The summed E-state index contributed by atoms with van der Waals surface area (Å²) in [5.74, 6) is 0. The van der Waals surface area contributed by atoms with Crippen molar-refractivity contribution < 1.29 is 13.2 Å². The van der Waals surface area contributed by atoms with E-state index in [1.807, 2.05) is 24.3 Å². The van der Waals surface area contributed by atoms with Crippen LogP contribution >= 0.6 is 0 Å². The summed E-state index contributed by atoms with van der Waals surface area (Å²) < 4.78 is 38.1. The molecule has 4 heteroatoms. The van der Waals surface area contributed by atoms with Crippen LogP contribution in [0.15, 0.2) is 42.5 Å². The van der Waals surface area contributed by atoms with Crippen LogP contribution in [0.3, 0.4) is 0 Å². The zero-order chi connectivity index (χ0) is 14.8. The minimum absolute atomic E-state index is 0.387. The molecular formula is C16H16F3N. The first-order chi connectivity index (χ1) is 9.40. The number of hydrogen-bond acceptors (Lipinski definition) is 1. The third-order valence-corrected chi connectivity index (χ3v) is 3.30. The molecule has 0 saturated carbocycles. The number of benzene rings is 2. The van der Waals surface area contributed by atoms with Gasteiger partial charge in [0.1, 0.15) is 0 Å². The maximum atomic E-state index is 12.7. The number of halogens is 3. The molecule has 0 atom stereocenters. The molecule has 2 rings (SSSR count). The number of hydrogen-bond donors (Lipinski definition) is 1. The Morgan fingerprint density at radius 1 is 0.950 bits per heavy atom. The van der Waals surface area contributed by atoms with Crippen molar-refractivity contribution in [1.29, 1.82) is 0 Å². The lowest BCUT2D eigenvalue weighted by atomic mass is 9.99. The van der Waals surface area contributed by atoms with Crippen molar-refractivity contribution in [3.63, 3.8) is 0 Å². The molecular weight excluding hydrogens is 263 g/mol. The zero-order valence-electron chi connectivity index (χ0n) is 11.2. The summed E-state index contributed by atoms with van der Waals surface area (Å²) >= 11 is 0. The minimum Gasteiger partial charge on any atom is -0.398 e. The molecule has 0 saturated heterocycles. The molecule has 0 spiro atoms. The first kappa shape index (κ1) is 14.4. The van der Waals surface area contributed by atoms with Gasteiger partial charge >= 0.3 is 6.18 Å². The highest BCUT2D eigenvalue weighted by Crippen LogP contribution is 2.31. The minimum atomic E-state index is -4.34. The third-order valence-electron chi connectivity index (χ3n) is 3.30. The number of nitrogen functional groups attached to an aromatic ring is 1. The van der Waals surface area contributed by atoms with Crippen LogP contribution in [0.4, 0.5) is 18.9 Å². The molecule has 2 N–H and O–H groups in total. The molecule has 106 valence electrons. The molecule has 0 radical (unpaired) electrons. The number of anilines is 1. The predicted molar refractivity (Wildman–Crippen MR) is 74.5 cm³/mol. The lowest BCUT2D eigenvalue weighted by Gasteiger charge is -2.11. The smallest absolute Gasteiger partial charge is 0.398 e. The van der Waals surface area contributed by atoms with Crippen molar-refractivity contribution in [1.82, 2.24) is 0 Å². The van der Waals surface area contributed by atoms with Gasteiger partial charge in [0, 0.05) is 5.69 Å². The highest BCUT2D eigenvalue weighted by atomic mass is 19.4. The zero-order valence-corrected chi connectivity index (χ0v) is 11.2. The lowest BCUT2D eigenvalue weighted by Crippen LogP contribution is -2.07. The number of nitrogens with two attached hydrogens (primary N) is 1. The second-order valence-electron chi connectivity index (χ2n) is 4.76. The molecule has 0 heterocycles. The Kier molecular flexibility index (Phi) is 4.02. The Balaban J connectivity index is 2.27. The quantitative estimate of drug-likeness (QED) is 0.826. The summed E-state index contributed by atoms with van der Waals surface area (Å²) in [5.41, 5.74) is 8.15. The maximum Gasteiger partial charge on any atom is 0.416 e. The summed E-state index contributed by atoms with van der Waals surface area (Å²) in [6.07, 6.45) is -3.00. The van der Waals surface area contributed by atoms with Gasteiger partial charge in [-0.3, -0.25) is 0 Å². The molecule has 20 heavy (non-hydrogen) atoms. The Morgan fingerprint density at radius 2 is 1.55 bits per heavy atom. The van der Waals surface area contributed by atoms with Crippen LogP contribution in [0, 0.1) is 0 Å². The van der Waals surface area contributed by atoms with Crippen molar-refractivity contribution in [2.75, 3.05) is 5.73 Å².